The molecule has 2 N–H and O–H groups in total. The maximum absolute atomic E-state index is 11.6. The molecule has 21 heavy (non-hydrogen) atoms. The number of benzene rings is 1. The van der Waals surface area contributed by atoms with Gasteiger partial charge >= 0.3 is 0 Å². The SMILES string of the molecule is O=C(N/N=C\c1ccc([O-])c([N+](=O)[O-])c1)c1cc(Br)c[nH]1. The van der Waals surface area contributed by atoms with Crippen molar-refractivity contribution in [2.75, 3.05) is 0 Å². The van der Waals surface area contributed by atoms with Gasteiger partial charge in [-0.25, -0.2) is 5.43 Å². The van der Waals surface area contributed by atoms with Crippen LogP contribution < -0.4 is 10.5 Å². The topological polar surface area (TPSA) is 123 Å². The highest BCUT2D eigenvalue weighted by atomic mass is 79.9. The van der Waals surface area contributed by atoms with Crippen molar-refractivity contribution in [2.45, 2.75) is 0 Å². The van der Waals surface area contributed by atoms with E-state index in [-0.39, 0.29) is 0 Å². The molecule has 0 aliphatic rings. The largest absolute Gasteiger partial charge is 0.868 e. The van der Waals surface area contributed by atoms with Gasteiger partial charge in [0.05, 0.1) is 11.1 Å². The average Bonchev–Trinajstić information content (AvgIpc) is 2.87. The van der Waals surface area contributed by atoms with E-state index in [2.05, 4.69) is 31.4 Å². The summed E-state index contributed by atoms with van der Waals surface area (Å²) in [4.78, 5) is 24.2. The molecule has 2 aromatic rings. The van der Waals surface area contributed by atoms with E-state index in [0.717, 1.165) is 16.6 Å². The molecule has 9 heteroatoms. The molecule has 0 saturated carbocycles. The van der Waals surface area contributed by atoms with Gasteiger partial charge in [-0.1, -0.05) is 12.1 Å². The number of nitrogens with zero attached hydrogens (tertiary/aromatic N) is 2. The molecule has 1 amide bonds. The molecule has 0 fully saturated rings. The third-order valence-electron chi connectivity index (χ3n) is 2.45. The lowest BCUT2D eigenvalue weighted by Gasteiger charge is -2.05. The average molecular weight is 352 g/mol. The van der Waals surface area contributed by atoms with Gasteiger partial charge < -0.3 is 10.1 Å². The lowest BCUT2D eigenvalue weighted by Crippen LogP contribution is -2.17. The molecule has 0 saturated heterocycles. The maximum atomic E-state index is 11.6. The number of halogens is 1. The number of nitro groups is 1. The molecular formula is C12H8BrN4O4-. The molecule has 0 spiro atoms. The summed E-state index contributed by atoms with van der Waals surface area (Å²) in [6.45, 7) is 0. The number of nitro benzene ring substituents is 1. The first kappa shape index (κ1) is 14.7. The number of rotatable bonds is 4. The normalized spacial score (nSPS) is 10.7. The first-order valence-electron chi connectivity index (χ1n) is 5.60. The van der Waals surface area contributed by atoms with Crippen LogP contribution in [-0.4, -0.2) is 22.0 Å². The zero-order chi connectivity index (χ0) is 15.4. The Kier molecular flexibility index (Phi) is 4.33. The molecule has 0 atom stereocenters. The second kappa shape index (κ2) is 6.18. The molecule has 1 heterocycles. The van der Waals surface area contributed by atoms with E-state index in [1.54, 1.807) is 12.3 Å². The zero-order valence-corrected chi connectivity index (χ0v) is 12.0. The number of nitrogens with one attached hydrogen (secondary N) is 2. The number of amides is 1. The number of carbonyl (C=O) groups is 1. The number of aromatic amines is 1. The molecule has 0 radical (unpaired) electrons. The Bertz CT molecular complexity index is 726. The zero-order valence-electron chi connectivity index (χ0n) is 10.4. The minimum absolute atomic E-state index is 0.305. The minimum Gasteiger partial charge on any atom is -0.868 e. The van der Waals surface area contributed by atoms with Crippen molar-refractivity contribution in [3.8, 4) is 5.75 Å². The Morgan fingerprint density at radius 3 is 2.81 bits per heavy atom. The van der Waals surface area contributed by atoms with Crippen LogP contribution >= 0.6 is 15.9 Å². The van der Waals surface area contributed by atoms with Crippen LogP contribution in [0.15, 0.2) is 40.0 Å². The first-order chi connectivity index (χ1) is 9.97. The predicted molar refractivity (Wildman–Crippen MR) is 76.1 cm³/mol. The number of hydrogen-bond acceptors (Lipinski definition) is 5. The second-order valence-corrected chi connectivity index (χ2v) is 4.83. The van der Waals surface area contributed by atoms with E-state index in [0.29, 0.717) is 11.3 Å². The lowest BCUT2D eigenvalue weighted by atomic mass is 10.2. The van der Waals surface area contributed by atoms with Crippen molar-refractivity contribution >= 4 is 33.7 Å². The van der Waals surface area contributed by atoms with Crippen molar-refractivity contribution in [3.63, 3.8) is 0 Å². The quantitative estimate of drug-likeness (QED) is 0.492. The van der Waals surface area contributed by atoms with Crippen LogP contribution in [0.25, 0.3) is 0 Å². The highest BCUT2D eigenvalue weighted by Gasteiger charge is 2.08. The molecule has 0 bridgehead atoms. The van der Waals surface area contributed by atoms with Crippen LogP contribution in [0.3, 0.4) is 0 Å². The fraction of sp³-hybridized carbons (Fsp3) is 0. The molecule has 0 aliphatic heterocycles. The van der Waals surface area contributed by atoms with E-state index in [1.807, 2.05) is 0 Å². The molecule has 8 nitrogen and oxygen atoms in total. The minimum atomic E-state index is -0.769. The van der Waals surface area contributed by atoms with Gasteiger partial charge in [0.15, 0.2) is 0 Å². The number of carbonyl (C=O) groups excluding carboxylic acids is 1. The lowest BCUT2D eigenvalue weighted by molar-refractivity contribution is -0.398. The standard InChI is InChI=1S/C12H9BrN4O4/c13-8-4-9(14-6-8)12(19)16-15-5-7-1-2-11(18)10(3-7)17(20)21/h1-6,14,18H,(H,16,19)/p-1/b15-5-. The Labute approximate surface area is 126 Å². The maximum Gasteiger partial charge on any atom is 0.287 e. The molecule has 108 valence electrons. The van der Waals surface area contributed by atoms with Crippen molar-refractivity contribution in [1.82, 2.24) is 10.4 Å². The summed E-state index contributed by atoms with van der Waals surface area (Å²) in [5, 5.41) is 25.5. The summed E-state index contributed by atoms with van der Waals surface area (Å²) < 4.78 is 0.721. The Hall–Kier alpha value is -2.68. The summed E-state index contributed by atoms with van der Waals surface area (Å²) >= 11 is 3.19. The number of hydrogen-bond donors (Lipinski definition) is 2. The smallest absolute Gasteiger partial charge is 0.287 e. The molecule has 2 rings (SSSR count). The Balaban J connectivity index is 2.06. The van der Waals surface area contributed by atoms with Gasteiger partial charge in [-0.15, -0.1) is 0 Å². The third-order valence-corrected chi connectivity index (χ3v) is 2.91. The van der Waals surface area contributed by atoms with Crippen LogP contribution in [0.5, 0.6) is 5.75 Å². The van der Waals surface area contributed by atoms with Crippen LogP contribution in [0.1, 0.15) is 16.1 Å². The molecular weight excluding hydrogens is 344 g/mol. The third kappa shape index (κ3) is 3.66. The summed E-state index contributed by atoms with van der Waals surface area (Å²) in [5.41, 5.74) is 2.35. The Morgan fingerprint density at radius 1 is 1.43 bits per heavy atom. The molecule has 0 unspecified atom stereocenters. The van der Waals surface area contributed by atoms with Gasteiger partial charge in [0.1, 0.15) is 5.69 Å². The van der Waals surface area contributed by atoms with E-state index in [9.17, 15) is 20.0 Å². The van der Waals surface area contributed by atoms with Crippen LogP contribution in [0, 0.1) is 10.1 Å². The van der Waals surface area contributed by atoms with Gasteiger partial charge in [-0.3, -0.25) is 14.9 Å². The number of aromatic nitrogens is 1. The van der Waals surface area contributed by atoms with Gasteiger partial charge in [0, 0.05) is 22.3 Å². The van der Waals surface area contributed by atoms with Crippen LogP contribution in [-0.2, 0) is 0 Å². The van der Waals surface area contributed by atoms with Crippen molar-refractivity contribution < 1.29 is 14.8 Å². The van der Waals surface area contributed by atoms with Crippen molar-refractivity contribution in [1.29, 1.82) is 0 Å². The summed E-state index contributed by atoms with van der Waals surface area (Å²) in [6, 6.07) is 5.10. The highest BCUT2D eigenvalue weighted by Crippen LogP contribution is 2.22. The van der Waals surface area contributed by atoms with E-state index >= 15 is 0 Å². The van der Waals surface area contributed by atoms with Gasteiger partial charge in [0.2, 0.25) is 0 Å². The van der Waals surface area contributed by atoms with Crippen LogP contribution in [0.2, 0.25) is 0 Å². The van der Waals surface area contributed by atoms with Gasteiger partial charge in [-0.05, 0) is 27.7 Å². The number of H-pyrrole nitrogens is 1. The second-order valence-electron chi connectivity index (χ2n) is 3.91. The fourth-order valence-corrected chi connectivity index (χ4v) is 1.83. The summed E-state index contributed by atoms with van der Waals surface area (Å²) in [7, 11) is 0. The van der Waals surface area contributed by atoms with E-state index in [1.165, 1.54) is 12.3 Å². The summed E-state index contributed by atoms with van der Waals surface area (Å²) in [6.07, 6.45) is 2.80. The van der Waals surface area contributed by atoms with E-state index in [4.69, 9.17) is 0 Å². The molecule has 1 aromatic carbocycles. The van der Waals surface area contributed by atoms with E-state index < -0.39 is 22.3 Å². The Morgan fingerprint density at radius 2 is 2.19 bits per heavy atom. The highest BCUT2D eigenvalue weighted by molar-refractivity contribution is 9.10. The van der Waals surface area contributed by atoms with Crippen LogP contribution in [0.4, 0.5) is 5.69 Å². The fourth-order valence-electron chi connectivity index (χ4n) is 1.48. The summed E-state index contributed by atoms with van der Waals surface area (Å²) in [5.74, 6) is -1.15. The van der Waals surface area contributed by atoms with Gasteiger partial charge in [-0.2, -0.15) is 5.10 Å². The van der Waals surface area contributed by atoms with Gasteiger partial charge in [0.25, 0.3) is 11.6 Å². The van der Waals surface area contributed by atoms with Crippen molar-refractivity contribution in [3.05, 3.63) is 56.3 Å². The first-order valence-corrected chi connectivity index (χ1v) is 6.39. The number of hydrazone groups is 1. The predicted octanol–water partition coefficient (Wildman–Crippen LogP) is 1.52. The monoisotopic (exact) mass is 351 g/mol. The molecule has 1 aromatic heterocycles. The molecule has 0 aliphatic carbocycles. The van der Waals surface area contributed by atoms with Crippen molar-refractivity contribution in [2.24, 2.45) is 5.10 Å².